The first-order valence-corrected chi connectivity index (χ1v) is 3.48. The molecule has 0 saturated carbocycles. The van der Waals surface area contributed by atoms with Crippen LogP contribution in [0.4, 0.5) is 39.5 Å². The van der Waals surface area contributed by atoms with Gasteiger partial charge in [-0.05, 0) is 0 Å². The van der Waals surface area contributed by atoms with Crippen molar-refractivity contribution in [2.45, 2.75) is 18.5 Å². The molecule has 2 nitrogen and oxygen atoms in total. The molecule has 0 aromatic rings. The molecule has 0 spiro atoms. The second-order valence-corrected chi connectivity index (χ2v) is 2.71. The minimum atomic E-state index is -6.32. The predicted octanol–water partition coefficient (Wildman–Crippen LogP) is 2.43. The molecule has 0 amide bonds. The van der Waals surface area contributed by atoms with Gasteiger partial charge in [0.2, 0.25) is 11.7 Å². The lowest BCUT2D eigenvalue weighted by atomic mass is 9.99. The van der Waals surface area contributed by atoms with Crippen molar-refractivity contribution >= 4 is 11.6 Å². The molecule has 0 heterocycles. The van der Waals surface area contributed by atoms with Crippen LogP contribution in [0.1, 0.15) is 0 Å². The average molecular weight is 276 g/mol. The van der Waals surface area contributed by atoms with E-state index in [4.69, 9.17) is 0 Å². The predicted molar refractivity (Wildman–Crippen MR) is 31.7 cm³/mol. The highest BCUT2D eigenvalue weighted by Gasteiger charge is 2.64. The zero-order valence-electron chi connectivity index (χ0n) is 7.30. The third-order valence-electron chi connectivity index (χ3n) is 1.40. The van der Waals surface area contributed by atoms with Gasteiger partial charge in [-0.3, -0.25) is 9.59 Å². The SMILES string of the molecule is O=C(C(=O)C(F)(F)F)C(C(F)(F)F)C(F)(F)F. The number of alkyl halides is 9. The molecular weight excluding hydrogens is 275 g/mol. The van der Waals surface area contributed by atoms with Crippen molar-refractivity contribution in [2.75, 3.05) is 0 Å². The first-order valence-electron chi connectivity index (χ1n) is 3.48. The molecule has 0 aliphatic carbocycles. The molecule has 0 fully saturated rings. The van der Waals surface area contributed by atoms with Crippen LogP contribution in [-0.4, -0.2) is 30.1 Å². The summed E-state index contributed by atoms with van der Waals surface area (Å²) in [5.74, 6) is -12.3. The van der Waals surface area contributed by atoms with Gasteiger partial charge in [-0.15, -0.1) is 0 Å². The molecule has 0 unspecified atom stereocenters. The van der Waals surface area contributed by atoms with E-state index in [9.17, 15) is 49.1 Å². The fraction of sp³-hybridized carbons (Fsp3) is 0.667. The zero-order chi connectivity index (χ0) is 14.2. The van der Waals surface area contributed by atoms with Crippen molar-refractivity contribution in [2.24, 2.45) is 5.92 Å². The van der Waals surface area contributed by atoms with Crippen LogP contribution in [-0.2, 0) is 9.59 Å². The number of Topliss-reactive ketones (excluding diaryl/α,β-unsaturated/α-hetero) is 2. The molecule has 0 rings (SSSR count). The Hall–Kier alpha value is -1.29. The maximum absolute atomic E-state index is 11.8. The summed E-state index contributed by atoms with van der Waals surface area (Å²) in [4.78, 5) is 20.3. The molecule has 0 N–H and O–H groups in total. The van der Waals surface area contributed by atoms with E-state index in [-0.39, 0.29) is 0 Å². The van der Waals surface area contributed by atoms with E-state index in [0.29, 0.717) is 0 Å². The average Bonchev–Trinajstić information content (AvgIpc) is 1.94. The van der Waals surface area contributed by atoms with Crippen LogP contribution in [0, 0.1) is 5.92 Å². The zero-order valence-corrected chi connectivity index (χ0v) is 7.30. The third kappa shape index (κ3) is 3.89. The summed E-state index contributed by atoms with van der Waals surface area (Å²) in [7, 11) is 0. The largest absolute Gasteiger partial charge is 0.458 e. The topological polar surface area (TPSA) is 34.1 Å². The van der Waals surface area contributed by atoms with Crippen molar-refractivity contribution < 1.29 is 49.1 Å². The monoisotopic (exact) mass is 276 g/mol. The maximum atomic E-state index is 11.8. The lowest BCUT2D eigenvalue weighted by Crippen LogP contribution is -2.48. The van der Waals surface area contributed by atoms with Crippen LogP contribution >= 0.6 is 0 Å². The lowest BCUT2D eigenvalue weighted by Gasteiger charge is -2.21. The van der Waals surface area contributed by atoms with Gasteiger partial charge in [0.15, 0.2) is 0 Å². The molecule has 100 valence electrons. The molecule has 0 aliphatic heterocycles. The fourth-order valence-corrected chi connectivity index (χ4v) is 0.754. The van der Waals surface area contributed by atoms with Crippen LogP contribution < -0.4 is 0 Å². The third-order valence-corrected chi connectivity index (χ3v) is 1.40. The normalized spacial score (nSPS) is 14.0. The Morgan fingerprint density at radius 3 is 1.18 bits per heavy atom. The summed E-state index contributed by atoms with van der Waals surface area (Å²) in [5, 5.41) is 0. The summed E-state index contributed by atoms with van der Waals surface area (Å²) >= 11 is 0. The molecule has 0 aliphatic rings. The van der Waals surface area contributed by atoms with Crippen molar-refractivity contribution in [1.82, 2.24) is 0 Å². The quantitative estimate of drug-likeness (QED) is 0.573. The Balaban J connectivity index is 5.41. The molecule has 0 aromatic heterocycles. The van der Waals surface area contributed by atoms with E-state index in [2.05, 4.69) is 0 Å². The first-order chi connectivity index (χ1) is 7.19. The van der Waals surface area contributed by atoms with Gasteiger partial charge in [-0.2, -0.15) is 39.5 Å². The molecule has 0 atom stereocenters. The van der Waals surface area contributed by atoms with Crippen LogP contribution in [0.3, 0.4) is 0 Å². The van der Waals surface area contributed by atoms with E-state index in [1.807, 2.05) is 0 Å². The summed E-state index contributed by atoms with van der Waals surface area (Å²) in [6, 6.07) is 0. The van der Waals surface area contributed by atoms with Crippen LogP contribution in [0.5, 0.6) is 0 Å². The molecule has 0 radical (unpaired) electrons. The van der Waals surface area contributed by atoms with Crippen LogP contribution in [0.25, 0.3) is 0 Å². The highest BCUT2D eigenvalue weighted by molar-refractivity contribution is 6.40. The Morgan fingerprint density at radius 1 is 0.706 bits per heavy atom. The number of carbonyl (C=O) groups is 2. The van der Waals surface area contributed by atoms with Crippen LogP contribution in [0.2, 0.25) is 0 Å². The van der Waals surface area contributed by atoms with Crippen molar-refractivity contribution in [1.29, 1.82) is 0 Å². The van der Waals surface area contributed by atoms with Gasteiger partial charge in [0.1, 0.15) is 0 Å². The Kier molecular flexibility index (Phi) is 3.87. The molecule has 0 bridgehead atoms. The van der Waals surface area contributed by atoms with E-state index >= 15 is 0 Å². The van der Waals surface area contributed by atoms with Gasteiger partial charge in [0.25, 0.3) is 0 Å². The Morgan fingerprint density at radius 2 is 1.00 bits per heavy atom. The van der Waals surface area contributed by atoms with Crippen molar-refractivity contribution in [3.05, 3.63) is 0 Å². The van der Waals surface area contributed by atoms with E-state index in [0.717, 1.165) is 0 Å². The van der Waals surface area contributed by atoms with Crippen molar-refractivity contribution in [3.8, 4) is 0 Å². The fourth-order valence-electron chi connectivity index (χ4n) is 0.754. The number of halogens is 9. The lowest BCUT2D eigenvalue weighted by molar-refractivity contribution is -0.273. The number of rotatable bonds is 2. The number of hydrogen-bond acceptors (Lipinski definition) is 2. The molecule has 0 aromatic carbocycles. The second-order valence-electron chi connectivity index (χ2n) is 2.71. The van der Waals surface area contributed by atoms with E-state index in [1.54, 1.807) is 0 Å². The van der Waals surface area contributed by atoms with Gasteiger partial charge >= 0.3 is 24.3 Å². The molecule has 11 heteroatoms. The van der Waals surface area contributed by atoms with E-state index in [1.165, 1.54) is 0 Å². The second kappa shape index (κ2) is 4.18. The minimum Gasteiger partial charge on any atom is -0.289 e. The van der Waals surface area contributed by atoms with Crippen molar-refractivity contribution in [3.63, 3.8) is 0 Å². The molecule has 0 saturated heterocycles. The number of carbonyl (C=O) groups excluding carboxylic acids is 2. The molecular formula is C6HF9O2. The Labute approximate surface area is 86.4 Å². The summed E-state index contributed by atoms with van der Waals surface area (Å²) in [5.41, 5.74) is 0. The smallest absolute Gasteiger partial charge is 0.289 e. The highest BCUT2D eigenvalue weighted by Crippen LogP contribution is 2.40. The van der Waals surface area contributed by atoms with Gasteiger partial charge < -0.3 is 0 Å². The minimum absolute atomic E-state index is 3.60. The number of hydrogen-bond donors (Lipinski definition) is 0. The molecule has 17 heavy (non-hydrogen) atoms. The van der Waals surface area contributed by atoms with E-state index < -0.39 is 36.0 Å². The highest BCUT2D eigenvalue weighted by atomic mass is 19.4. The van der Waals surface area contributed by atoms with Gasteiger partial charge in [-0.25, -0.2) is 0 Å². The van der Waals surface area contributed by atoms with Crippen LogP contribution in [0.15, 0.2) is 0 Å². The van der Waals surface area contributed by atoms with Gasteiger partial charge in [-0.1, -0.05) is 0 Å². The summed E-state index contributed by atoms with van der Waals surface area (Å²) in [6.45, 7) is 0. The van der Waals surface area contributed by atoms with Gasteiger partial charge in [0, 0.05) is 0 Å². The van der Waals surface area contributed by atoms with Gasteiger partial charge in [0.05, 0.1) is 0 Å². The maximum Gasteiger partial charge on any atom is 0.458 e. The summed E-state index contributed by atoms with van der Waals surface area (Å²) < 4.78 is 105. The number of ketones is 2. The standard InChI is InChI=1S/C6HF9O2/c7-4(8,9)2(5(10,11)12)1(16)3(17)6(13,14)15/h2H. The first kappa shape index (κ1) is 15.7. The Bertz CT molecular complexity index is 306. The summed E-state index contributed by atoms with van der Waals surface area (Å²) in [6.07, 6.45) is -18.7.